The van der Waals surface area contributed by atoms with Gasteiger partial charge in [0, 0.05) is 27.3 Å². The fourth-order valence-corrected chi connectivity index (χ4v) is 3.00. The van der Waals surface area contributed by atoms with Gasteiger partial charge in [0.25, 0.3) is 0 Å². The first-order valence-corrected chi connectivity index (χ1v) is 8.66. The van der Waals surface area contributed by atoms with Crippen molar-refractivity contribution in [2.75, 3.05) is 5.32 Å². The lowest BCUT2D eigenvalue weighted by molar-refractivity contribution is -0.117. The molecule has 0 saturated heterocycles. The van der Waals surface area contributed by atoms with Crippen molar-refractivity contribution in [3.05, 3.63) is 63.6 Å². The summed E-state index contributed by atoms with van der Waals surface area (Å²) in [6, 6.07) is 11.5. The predicted octanol–water partition coefficient (Wildman–Crippen LogP) is 4.87. The average Bonchev–Trinajstić information content (AvgIpc) is 2.55. The van der Waals surface area contributed by atoms with E-state index >= 15 is 0 Å². The van der Waals surface area contributed by atoms with Gasteiger partial charge in [-0.05, 0) is 62.7 Å². The van der Waals surface area contributed by atoms with Crippen molar-refractivity contribution in [2.24, 2.45) is 0 Å². The molecular formula is C19H20Cl2N2O2. The summed E-state index contributed by atoms with van der Waals surface area (Å²) in [7, 11) is 0. The fraction of sp³-hybridized carbons (Fsp3) is 0.263. The normalized spacial score (nSPS) is 13.2. The Labute approximate surface area is 157 Å². The molecule has 25 heavy (non-hydrogen) atoms. The van der Waals surface area contributed by atoms with E-state index in [0.717, 1.165) is 5.56 Å². The summed E-state index contributed by atoms with van der Waals surface area (Å²) in [4.78, 5) is 23.6. The number of ketones is 1. The first kappa shape index (κ1) is 19.4. The summed E-state index contributed by atoms with van der Waals surface area (Å²) in [6.07, 6.45) is 0. The van der Waals surface area contributed by atoms with Crippen molar-refractivity contribution in [1.82, 2.24) is 5.32 Å². The lowest BCUT2D eigenvalue weighted by Gasteiger charge is -2.21. The van der Waals surface area contributed by atoms with E-state index in [1.165, 1.54) is 6.92 Å². The molecule has 0 spiro atoms. The number of amides is 1. The highest BCUT2D eigenvalue weighted by molar-refractivity contribution is 6.35. The van der Waals surface area contributed by atoms with Crippen LogP contribution in [0.5, 0.6) is 0 Å². The van der Waals surface area contributed by atoms with Crippen molar-refractivity contribution >= 4 is 40.6 Å². The van der Waals surface area contributed by atoms with E-state index in [-0.39, 0.29) is 17.7 Å². The summed E-state index contributed by atoms with van der Waals surface area (Å²) < 4.78 is 0. The molecule has 0 heterocycles. The maximum atomic E-state index is 12.3. The first-order chi connectivity index (χ1) is 11.8. The van der Waals surface area contributed by atoms with E-state index < -0.39 is 6.04 Å². The topological polar surface area (TPSA) is 58.2 Å². The molecule has 0 aromatic heterocycles. The van der Waals surface area contributed by atoms with E-state index in [0.29, 0.717) is 21.3 Å². The summed E-state index contributed by atoms with van der Waals surface area (Å²) in [5, 5.41) is 7.16. The number of halogens is 2. The van der Waals surface area contributed by atoms with E-state index in [1.54, 1.807) is 43.3 Å². The molecule has 0 fully saturated rings. The Hall–Kier alpha value is -1.88. The van der Waals surface area contributed by atoms with Crippen molar-refractivity contribution in [2.45, 2.75) is 32.9 Å². The quantitative estimate of drug-likeness (QED) is 0.704. The maximum absolute atomic E-state index is 12.3. The zero-order chi connectivity index (χ0) is 18.6. The highest BCUT2D eigenvalue weighted by atomic mass is 35.5. The smallest absolute Gasteiger partial charge is 0.241 e. The molecule has 2 atom stereocenters. The molecule has 4 nitrogen and oxygen atoms in total. The van der Waals surface area contributed by atoms with Crippen LogP contribution in [0, 0.1) is 0 Å². The van der Waals surface area contributed by atoms with Gasteiger partial charge in [-0.3, -0.25) is 14.9 Å². The summed E-state index contributed by atoms with van der Waals surface area (Å²) in [6.45, 7) is 5.21. The standard InChI is InChI=1S/C19H20Cl2N2O2/c1-11(17-9-6-15(20)10-18(17)21)22-12(2)19(25)23-16-7-4-14(5-8-16)13(3)24/h4-12,22H,1-3H3,(H,23,25)/t11-,12-/m0/s1. The van der Waals surface area contributed by atoms with E-state index in [4.69, 9.17) is 23.2 Å². The Kier molecular flexibility index (Phi) is 6.59. The summed E-state index contributed by atoms with van der Waals surface area (Å²) in [5.41, 5.74) is 2.12. The first-order valence-electron chi connectivity index (χ1n) is 7.91. The van der Waals surface area contributed by atoms with Crippen molar-refractivity contribution in [3.63, 3.8) is 0 Å². The van der Waals surface area contributed by atoms with Gasteiger partial charge in [-0.2, -0.15) is 0 Å². The Morgan fingerprint density at radius 1 is 1.00 bits per heavy atom. The molecule has 2 N–H and O–H groups in total. The van der Waals surface area contributed by atoms with Crippen LogP contribution in [0.4, 0.5) is 5.69 Å². The molecule has 0 bridgehead atoms. The van der Waals surface area contributed by atoms with Gasteiger partial charge in [0.2, 0.25) is 5.91 Å². The maximum Gasteiger partial charge on any atom is 0.241 e. The van der Waals surface area contributed by atoms with E-state index in [1.807, 2.05) is 13.0 Å². The molecule has 2 rings (SSSR count). The fourth-order valence-electron chi connectivity index (χ4n) is 2.43. The molecule has 0 unspecified atom stereocenters. The van der Waals surface area contributed by atoms with E-state index in [9.17, 15) is 9.59 Å². The van der Waals surface area contributed by atoms with Crippen LogP contribution in [-0.2, 0) is 4.79 Å². The van der Waals surface area contributed by atoms with Crippen LogP contribution in [0.15, 0.2) is 42.5 Å². The second-order valence-electron chi connectivity index (χ2n) is 5.90. The molecule has 0 saturated carbocycles. The van der Waals surface area contributed by atoms with Crippen LogP contribution >= 0.6 is 23.2 Å². The zero-order valence-electron chi connectivity index (χ0n) is 14.3. The summed E-state index contributed by atoms with van der Waals surface area (Å²) >= 11 is 12.1. The second kappa shape index (κ2) is 8.48. The van der Waals surface area contributed by atoms with Crippen molar-refractivity contribution in [1.29, 1.82) is 0 Å². The number of nitrogens with one attached hydrogen (secondary N) is 2. The minimum atomic E-state index is -0.436. The van der Waals surface area contributed by atoms with Crippen LogP contribution in [0.1, 0.15) is 42.7 Å². The van der Waals surface area contributed by atoms with E-state index in [2.05, 4.69) is 10.6 Å². The molecule has 6 heteroatoms. The summed E-state index contributed by atoms with van der Waals surface area (Å²) in [5.74, 6) is -0.186. The van der Waals surface area contributed by atoms with Gasteiger partial charge >= 0.3 is 0 Å². The molecule has 1 amide bonds. The van der Waals surface area contributed by atoms with Crippen LogP contribution in [0.3, 0.4) is 0 Å². The zero-order valence-corrected chi connectivity index (χ0v) is 15.8. The largest absolute Gasteiger partial charge is 0.325 e. The third-order valence-electron chi connectivity index (χ3n) is 3.88. The van der Waals surface area contributed by atoms with Gasteiger partial charge in [0.1, 0.15) is 0 Å². The molecule has 2 aromatic rings. The number of hydrogen-bond donors (Lipinski definition) is 2. The molecule has 0 radical (unpaired) electrons. The molecule has 0 aliphatic carbocycles. The van der Waals surface area contributed by atoms with Gasteiger partial charge in [0.05, 0.1) is 6.04 Å². The Bertz CT molecular complexity index is 775. The van der Waals surface area contributed by atoms with Crippen molar-refractivity contribution < 1.29 is 9.59 Å². The number of benzene rings is 2. The van der Waals surface area contributed by atoms with Gasteiger partial charge in [0.15, 0.2) is 5.78 Å². The minimum absolute atomic E-state index is 0.0124. The third-order valence-corrected chi connectivity index (χ3v) is 4.44. The molecule has 2 aromatic carbocycles. The van der Waals surface area contributed by atoms with Gasteiger partial charge in [-0.1, -0.05) is 29.3 Å². The minimum Gasteiger partial charge on any atom is -0.325 e. The second-order valence-corrected chi connectivity index (χ2v) is 6.74. The lowest BCUT2D eigenvalue weighted by Crippen LogP contribution is -2.39. The van der Waals surface area contributed by atoms with Crippen LogP contribution < -0.4 is 10.6 Å². The van der Waals surface area contributed by atoms with Gasteiger partial charge in [-0.15, -0.1) is 0 Å². The third kappa shape index (κ3) is 5.30. The number of Topliss-reactive ketones (excluding diaryl/α,β-unsaturated/α-hetero) is 1. The Balaban J connectivity index is 1.98. The Morgan fingerprint density at radius 2 is 1.64 bits per heavy atom. The number of rotatable bonds is 6. The van der Waals surface area contributed by atoms with Crippen LogP contribution in [0.2, 0.25) is 10.0 Å². The highest BCUT2D eigenvalue weighted by Crippen LogP contribution is 2.26. The van der Waals surface area contributed by atoms with Crippen LogP contribution in [0.25, 0.3) is 0 Å². The SMILES string of the molecule is CC(=O)c1ccc(NC(=O)[C@H](C)N[C@@H](C)c2ccc(Cl)cc2Cl)cc1. The molecular weight excluding hydrogens is 359 g/mol. The van der Waals surface area contributed by atoms with Gasteiger partial charge in [-0.25, -0.2) is 0 Å². The molecule has 132 valence electrons. The van der Waals surface area contributed by atoms with Gasteiger partial charge < -0.3 is 5.32 Å². The number of carbonyl (C=O) groups excluding carboxylic acids is 2. The lowest BCUT2D eigenvalue weighted by atomic mass is 10.1. The molecule has 0 aliphatic heterocycles. The molecule has 0 aliphatic rings. The average molecular weight is 379 g/mol. The Morgan fingerprint density at radius 3 is 2.20 bits per heavy atom. The monoisotopic (exact) mass is 378 g/mol. The number of carbonyl (C=O) groups is 2. The highest BCUT2D eigenvalue weighted by Gasteiger charge is 2.18. The number of anilines is 1. The van der Waals surface area contributed by atoms with Crippen LogP contribution in [-0.4, -0.2) is 17.7 Å². The predicted molar refractivity (Wildman–Crippen MR) is 103 cm³/mol. The number of hydrogen-bond acceptors (Lipinski definition) is 3. The van der Waals surface area contributed by atoms with Crippen molar-refractivity contribution in [3.8, 4) is 0 Å².